The number of nitrogens with zero attached hydrogens (tertiary/aromatic N) is 2. The van der Waals surface area contributed by atoms with E-state index in [0.717, 1.165) is 23.5 Å². The molecule has 7 heteroatoms. The van der Waals surface area contributed by atoms with Crippen molar-refractivity contribution in [2.75, 3.05) is 13.1 Å². The number of aromatic amines is 1. The fourth-order valence-electron chi connectivity index (χ4n) is 4.00. The van der Waals surface area contributed by atoms with Crippen LogP contribution in [0.25, 0.3) is 0 Å². The predicted octanol–water partition coefficient (Wildman–Crippen LogP) is 3.27. The lowest BCUT2D eigenvalue weighted by molar-refractivity contribution is -0.132. The van der Waals surface area contributed by atoms with E-state index in [0.29, 0.717) is 31.7 Å². The first kappa shape index (κ1) is 18.7. The summed E-state index contributed by atoms with van der Waals surface area (Å²) in [5.41, 5.74) is 1.96. The van der Waals surface area contributed by atoms with Gasteiger partial charge in [-0.2, -0.15) is 5.16 Å². The van der Waals surface area contributed by atoms with Crippen molar-refractivity contribution in [3.05, 3.63) is 74.2 Å². The second kappa shape index (κ2) is 7.75. The third-order valence-electron chi connectivity index (χ3n) is 5.57. The minimum absolute atomic E-state index is 0.0972. The predicted molar refractivity (Wildman–Crippen MR) is 108 cm³/mol. The highest BCUT2D eigenvalue weighted by molar-refractivity contribution is 7.09. The molecule has 146 valence electrons. The van der Waals surface area contributed by atoms with Gasteiger partial charge in [-0.25, -0.2) is 4.98 Å². The molecule has 0 spiro atoms. The van der Waals surface area contributed by atoms with Gasteiger partial charge < -0.3 is 9.42 Å². The van der Waals surface area contributed by atoms with Crippen LogP contribution >= 0.6 is 11.3 Å². The Morgan fingerprint density at radius 2 is 2.04 bits per heavy atom. The second-order valence-corrected chi connectivity index (χ2v) is 8.32. The first-order valence-corrected chi connectivity index (χ1v) is 10.4. The van der Waals surface area contributed by atoms with Gasteiger partial charge in [0.25, 0.3) is 5.56 Å². The molecule has 1 aliphatic heterocycles. The third-order valence-corrected chi connectivity index (χ3v) is 6.34. The molecule has 3 aromatic rings. The van der Waals surface area contributed by atoms with Crippen molar-refractivity contribution < 1.29 is 9.32 Å². The number of hydrogen-bond donors (Lipinski definition) is 1. The molecule has 0 bridgehead atoms. The SMILES string of the molecule is Cc1nc(C2(c3ccccc3)CCN(C(=O)CCc3cc(=O)[nH]o3)CC2)cs1. The molecule has 0 atom stereocenters. The van der Waals surface area contributed by atoms with Gasteiger partial charge in [0.1, 0.15) is 5.76 Å². The van der Waals surface area contributed by atoms with Crippen molar-refractivity contribution >= 4 is 17.2 Å². The summed E-state index contributed by atoms with van der Waals surface area (Å²) in [5, 5.41) is 5.49. The second-order valence-electron chi connectivity index (χ2n) is 7.26. The van der Waals surface area contributed by atoms with Crippen LogP contribution in [0.5, 0.6) is 0 Å². The maximum atomic E-state index is 12.6. The van der Waals surface area contributed by atoms with Crippen molar-refractivity contribution in [1.29, 1.82) is 0 Å². The van der Waals surface area contributed by atoms with Crippen LogP contribution in [0.3, 0.4) is 0 Å². The molecule has 6 nitrogen and oxygen atoms in total. The Labute approximate surface area is 167 Å². The summed E-state index contributed by atoms with van der Waals surface area (Å²) < 4.78 is 5.04. The number of rotatable bonds is 5. The summed E-state index contributed by atoms with van der Waals surface area (Å²) >= 11 is 1.68. The van der Waals surface area contributed by atoms with E-state index in [1.807, 2.05) is 17.9 Å². The molecule has 0 saturated carbocycles. The van der Waals surface area contributed by atoms with Gasteiger partial charge in [-0.15, -0.1) is 11.3 Å². The number of hydrogen-bond acceptors (Lipinski definition) is 5. The average molecular weight is 398 g/mol. The van der Waals surface area contributed by atoms with E-state index in [9.17, 15) is 9.59 Å². The van der Waals surface area contributed by atoms with E-state index in [4.69, 9.17) is 9.51 Å². The Kier molecular flexibility index (Phi) is 5.17. The molecule has 1 saturated heterocycles. The summed E-state index contributed by atoms with van der Waals surface area (Å²) in [4.78, 5) is 30.5. The Morgan fingerprint density at radius 3 is 2.64 bits per heavy atom. The van der Waals surface area contributed by atoms with Crippen LogP contribution in [0.2, 0.25) is 0 Å². The van der Waals surface area contributed by atoms with Gasteiger partial charge in [0, 0.05) is 42.8 Å². The summed E-state index contributed by atoms with van der Waals surface area (Å²) in [6.45, 7) is 3.42. The zero-order chi connectivity index (χ0) is 19.6. The summed E-state index contributed by atoms with van der Waals surface area (Å²) in [7, 11) is 0. The van der Waals surface area contributed by atoms with E-state index >= 15 is 0 Å². The fraction of sp³-hybridized carbons (Fsp3) is 0.381. The van der Waals surface area contributed by atoms with E-state index < -0.39 is 0 Å². The molecule has 0 unspecified atom stereocenters. The van der Waals surface area contributed by atoms with Crippen molar-refractivity contribution in [1.82, 2.24) is 15.0 Å². The quantitative estimate of drug-likeness (QED) is 0.717. The van der Waals surface area contributed by atoms with E-state index in [2.05, 4.69) is 34.8 Å². The third kappa shape index (κ3) is 3.67. The van der Waals surface area contributed by atoms with E-state index in [1.54, 1.807) is 11.3 Å². The molecule has 1 aromatic carbocycles. The van der Waals surface area contributed by atoms with Crippen LogP contribution in [0.15, 0.2) is 51.1 Å². The number of thiazole rings is 1. The maximum Gasteiger partial charge on any atom is 0.280 e. The fourth-order valence-corrected chi connectivity index (χ4v) is 4.71. The van der Waals surface area contributed by atoms with E-state index in [1.165, 1.54) is 11.6 Å². The zero-order valence-corrected chi connectivity index (χ0v) is 16.6. The normalized spacial score (nSPS) is 16.2. The molecular weight excluding hydrogens is 374 g/mol. The van der Waals surface area contributed by atoms with Gasteiger partial charge in [-0.3, -0.25) is 9.59 Å². The van der Waals surface area contributed by atoms with E-state index in [-0.39, 0.29) is 16.9 Å². The van der Waals surface area contributed by atoms with Gasteiger partial charge in [0.05, 0.1) is 10.7 Å². The number of H-pyrrole nitrogens is 1. The summed E-state index contributed by atoms with van der Waals surface area (Å²) in [5.74, 6) is 0.618. The van der Waals surface area contributed by atoms with Gasteiger partial charge in [-0.1, -0.05) is 30.3 Å². The van der Waals surface area contributed by atoms with Crippen LogP contribution in [0.1, 0.15) is 41.3 Å². The highest BCUT2D eigenvalue weighted by Gasteiger charge is 2.40. The topological polar surface area (TPSA) is 79.2 Å². The van der Waals surface area contributed by atoms with Gasteiger partial charge >= 0.3 is 0 Å². The molecule has 2 aromatic heterocycles. The maximum absolute atomic E-state index is 12.6. The van der Waals surface area contributed by atoms with Crippen LogP contribution < -0.4 is 5.56 Å². The molecule has 1 aliphatic rings. The van der Waals surface area contributed by atoms with Gasteiger partial charge in [-0.05, 0) is 25.3 Å². The molecule has 1 fully saturated rings. The lowest BCUT2D eigenvalue weighted by Gasteiger charge is -2.41. The molecule has 1 N–H and O–H groups in total. The number of amides is 1. The van der Waals surface area contributed by atoms with Gasteiger partial charge in [0.15, 0.2) is 0 Å². The minimum Gasteiger partial charge on any atom is -0.384 e. The van der Waals surface area contributed by atoms with Crippen LogP contribution in [0, 0.1) is 6.92 Å². The Morgan fingerprint density at radius 1 is 1.29 bits per heavy atom. The van der Waals surface area contributed by atoms with Crippen LogP contribution in [-0.4, -0.2) is 34.0 Å². The van der Waals surface area contributed by atoms with Crippen LogP contribution in [-0.2, 0) is 16.6 Å². The molecule has 28 heavy (non-hydrogen) atoms. The number of aryl methyl sites for hydroxylation is 2. The van der Waals surface area contributed by atoms with Gasteiger partial charge in [0.2, 0.25) is 5.91 Å². The molecule has 1 amide bonds. The number of carbonyl (C=O) groups is 1. The molecule has 4 rings (SSSR count). The van der Waals surface area contributed by atoms with Crippen molar-refractivity contribution in [3.63, 3.8) is 0 Å². The highest BCUT2D eigenvalue weighted by atomic mass is 32.1. The Bertz CT molecular complexity index is 997. The number of aromatic nitrogens is 2. The smallest absolute Gasteiger partial charge is 0.280 e. The molecule has 3 heterocycles. The Balaban J connectivity index is 1.47. The summed E-state index contributed by atoms with van der Waals surface area (Å²) in [6, 6.07) is 11.9. The van der Waals surface area contributed by atoms with Crippen molar-refractivity contribution in [3.8, 4) is 0 Å². The molecule has 0 radical (unpaired) electrons. The number of benzene rings is 1. The van der Waals surface area contributed by atoms with Crippen LogP contribution in [0.4, 0.5) is 0 Å². The first-order valence-electron chi connectivity index (χ1n) is 9.50. The largest absolute Gasteiger partial charge is 0.384 e. The minimum atomic E-state index is -0.272. The first-order chi connectivity index (χ1) is 13.6. The zero-order valence-electron chi connectivity index (χ0n) is 15.8. The lowest BCUT2D eigenvalue weighted by atomic mass is 9.70. The van der Waals surface area contributed by atoms with Crippen molar-refractivity contribution in [2.45, 2.75) is 38.0 Å². The monoisotopic (exact) mass is 397 g/mol. The standard InChI is InChI=1S/C21H23N3O3S/c1-15-22-18(14-28-15)21(16-5-3-2-4-6-16)9-11-24(12-10-21)20(26)8-7-17-13-19(25)23-27-17/h2-6,13-14H,7-12H2,1H3,(H,23,25). The number of likely N-dealkylation sites (tertiary alicyclic amines) is 1. The molecular formula is C21H23N3O3S. The average Bonchev–Trinajstić information content (AvgIpc) is 3.35. The lowest BCUT2D eigenvalue weighted by Crippen LogP contribution is -2.46. The van der Waals surface area contributed by atoms with Crippen molar-refractivity contribution in [2.24, 2.45) is 0 Å². The molecule has 0 aliphatic carbocycles. The number of nitrogens with one attached hydrogen (secondary N) is 1. The summed E-state index contributed by atoms with van der Waals surface area (Å²) in [6.07, 6.45) is 2.48. The Hall–Kier alpha value is -2.67. The number of piperidine rings is 1. The number of carbonyl (C=O) groups excluding carboxylic acids is 1. The highest BCUT2D eigenvalue weighted by Crippen LogP contribution is 2.42.